The molecule has 0 amide bonds. The maximum atomic E-state index is 4.87. The molecule has 7 heteroatoms. The standard InChI is InChI=1S/C22H22N6S/c1-2-7-17(8-3-1)16-29-21-14-23-13-20(24-21)27-11-6-9-18(15-27)22-26-25-19-10-4-5-12-28(19)22/h1-5,7-8,10,12-14,18H,6,9,11,15-16H2. The summed E-state index contributed by atoms with van der Waals surface area (Å²) in [5, 5.41) is 9.76. The van der Waals surface area contributed by atoms with Crippen molar-refractivity contribution >= 4 is 23.2 Å². The third-order valence-corrected chi connectivity index (χ3v) is 6.25. The van der Waals surface area contributed by atoms with E-state index in [4.69, 9.17) is 4.98 Å². The lowest BCUT2D eigenvalue weighted by Gasteiger charge is -2.32. The molecular weight excluding hydrogens is 380 g/mol. The van der Waals surface area contributed by atoms with Crippen LogP contribution in [0.5, 0.6) is 0 Å². The Kier molecular flexibility index (Phi) is 5.13. The van der Waals surface area contributed by atoms with Crippen LogP contribution in [0.15, 0.2) is 72.1 Å². The summed E-state index contributed by atoms with van der Waals surface area (Å²) in [4.78, 5) is 11.7. The van der Waals surface area contributed by atoms with E-state index in [0.717, 1.165) is 54.0 Å². The molecule has 146 valence electrons. The third kappa shape index (κ3) is 3.96. The lowest BCUT2D eigenvalue weighted by atomic mass is 9.97. The van der Waals surface area contributed by atoms with Gasteiger partial charge in [0.15, 0.2) is 5.65 Å². The Balaban J connectivity index is 1.31. The minimum atomic E-state index is 0.337. The average Bonchev–Trinajstić information content (AvgIpc) is 3.23. The average molecular weight is 403 g/mol. The minimum Gasteiger partial charge on any atom is -0.355 e. The number of thioether (sulfide) groups is 1. The molecule has 0 bridgehead atoms. The molecule has 1 saturated heterocycles. The van der Waals surface area contributed by atoms with Gasteiger partial charge in [0, 0.05) is 31.0 Å². The Morgan fingerprint density at radius 1 is 1.00 bits per heavy atom. The van der Waals surface area contributed by atoms with Gasteiger partial charge in [0.05, 0.1) is 12.4 Å². The van der Waals surface area contributed by atoms with E-state index in [1.165, 1.54) is 5.56 Å². The molecular formula is C22H22N6S. The van der Waals surface area contributed by atoms with Crippen molar-refractivity contribution in [2.45, 2.75) is 29.5 Å². The van der Waals surface area contributed by atoms with Crippen LogP contribution in [0, 0.1) is 0 Å². The number of hydrogen-bond acceptors (Lipinski definition) is 6. The van der Waals surface area contributed by atoms with E-state index in [1.807, 2.05) is 42.9 Å². The molecule has 0 radical (unpaired) electrons. The summed E-state index contributed by atoms with van der Waals surface area (Å²) in [6, 6.07) is 16.5. The van der Waals surface area contributed by atoms with Gasteiger partial charge in [-0.25, -0.2) is 4.98 Å². The van der Waals surface area contributed by atoms with Crippen molar-refractivity contribution in [2.24, 2.45) is 0 Å². The molecule has 0 N–H and O–H groups in total. The third-order valence-electron chi connectivity index (χ3n) is 5.28. The van der Waals surface area contributed by atoms with Crippen molar-refractivity contribution in [3.8, 4) is 0 Å². The minimum absolute atomic E-state index is 0.337. The molecule has 0 aliphatic carbocycles. The molecule has 1 atom stereocenters. The monoisotopic (exact) mass is 402 g/mol. The molecule has 4 aromatic rings. The molecule has 0 spiro atoms. The summed E-state index contributed by atoms with van der Waals surface area (Å²) in [6.45, 7) is 1.88. The van der Waals surface area contributed by atoms with Crippen LogP contribution in [0.2, 0.25) is 0 Å². The highest BCUT2D eigenvalue weighted by atomic mass is 32.2. The van der Waals surface area contributed by atoms with E-state index in [2.05, 4.69) is 48.7 Å². The number of nitrogens with zero attached hydrogens (tertiary/aromatic N) is 6. The second-order valence-electron chi connectivity index (χ2n) is 7.26. The van der Waals surface area contributed by atoms with Crippen LogP contribution >= 0.6 is 11.8 Å². The van der Waals surface area contributed by atoms with Gasteiger partial charge in [-0.1, -0.05) is 36.4 Å². The molecule has 0 saturated carbocycles. The fourth-order valence-corrected chi connectivity index (χ4v) is 4.63. The molecule has 1 unspecified atom stereocenters. The number of rotatable bonds is 5. The molecule has 1 aliphatic rings. The van der Waals surface area contributed by atoms with Crippen molar-refractivity contribution < 1.29 is 0 Å². The summed E-state index contributed by atoms with van der Waals surface area (Å²) >= 11 is 1.73. The van der Waals surface area contributed by atoms with Gasteiger partial charge in [-0.3, -0.25) is 9.38 Å². The van der Waals surface area contributed by atoms with Gasteiger partial charge in [-0.05, 0) is 30.5 Å². The highest BCUT2D eigenvalue weighted by Gasteiger charge is 2.26. The van der Waals surface area contributed by atoms with E-state index in [0.29, 0.717) is 5.92 Å². The maximum Gasteiger partial charge on any atom is 0.160 e. The van der Waals surface area contributed by atoms with Gasteiger partial charge in [-0.2, -0.15) is 0 Å². The molecule has 1 fully saturated rings. The largest absolute Gasteiger partial charge is 0.355 e. The molecule has 3 aromatic heterocycles. The molecule has 6 nitrogen and oxygen atoms in total. The number of hydrogen-bond donors (Lipinski definition) is 0. The molecule has 4 heterocycles. The fourth-order valence-electron chi connectivity index (χ4n) is 3.83. The van der Waals surface area contributed by atoms with Crippen molar-refractivity contribution in [1.29, 1.82) is 0 Å². The maximum absolute atomic E-state index is 4.87. The lowest BCUT2D eigenvalue weighted by Crippen LogP contribution is -2.35. The Morgan fingerprint density at radius 2 is 1.90 bits per heavy atom. The van der Waals surface area contributed by atoms with Gasteiger partial charge in [0.2, 0.25) is 0 Å². The van der Waals surface area contributed by atoms with Crippen LogP contribution in [-0.2, 0) is 5.75 Å². The first-order chi connectivity index (χ1) is 14.4. The predicted octanol–water partition coefficient (Wildman–Crippen LogP) is 4.20. The van der Waals surface area contributed by atoms with Gasteiger partial charge in [-0.15, -0.1) is 22.0 Å². The Morgan fingerprint density at radius 3 is 2.83 bits per heavy atom. The number of fused-ring (bicyclic) bond motifs is 1. The second kappa shape index (κ2) is 8.21. The van der Waals surface area contributed by atoms with Crippen molar-refractivity contribution in [3.63, 3.8) is 0 Å². The summed E-state index contributed by atoms with van der Waals surface area (Å²) in [5.41, 5.74) is 2.19. The molecule has 5 rings (SSSR count). The van der Waals surface area contributed by atoms with Crippen LogP contribution in [0.25, 0.3) is 5.65 Å². The van der Waals surface area contributed by atoms with E-state index >= 15 is 0 Å². The molecule has 1 aromatic carbocycles. The lowest BCUT2D eigenvalue weighted by molar-refractivity contribution is 0.484. The first-order valence-electron chi connectivity index (χ1n) is 9.90. The fraction of sp³-hybridized carbons (Fsp3) is 0.273. The zero-order chi connectivity index (χ0) is 19.5. The number of aromatic nitrogens is 5. The van der Waals surface area contributed by atoms with Crippen LogP contribution in [0.4, 0.5) is 5.82 Å². The van der Waals surface area contributed by atoms with Gasteiger partial charge < -0.3 is 4.90 Å². The highest BCUT2D eigenvalue weighted by molar-refractivity contribution is 7.98. The molecule has 1 aliphatic heterocycles. The number of piperidine rings is 1. The summed E-state index contributed by atoms with van der Waals surface area (Å²) in [5.74, 6) is 3.21. The Labute approximate surface area is 174 Å². The number of anilines is 1. The highest BCUT2D eigenvalue weighted by Crippen LogP contribution is 2.29. The topological polar surface area (TPSA) is 59.2 Å². The van der Waals surface area contributed by atoms with Crippen LogP contribution in [0.1, 0.15) is 30.1 Å². The van der Waals surface area contributed by atoms with Crippen molar-refractivity contribution in [2.75, 3.05) is 18.0 Å². The van der Waals surface area contributed by atoms with Crippen molar-refractivity contribution in [3.05, 3.63) is 78.5 Å². The van der Waals surface area contributed by atoms with E-state index in [-0.39, 0.29) is 0 Å². The van der Waals surface area contributed by atoms with Crippen LogP contribution in [0.3, 0.4) is 0 Å². The Hall–Kier alpha value is -2.93. The summed E-state index contributed by atoms with van der Waals surface area (Å²) < 4.78 is 2.10. The Bertz CT molecular complexity index is 1100. The first kappa shape index (κ1) is 18.1. The first-order valence-corrected chi connectivity index (χ1v) is 10.9. The summed E-state index contributed by atoms with van der Waals surface area (Å²) in [6.07, 6.45) is 7.99. The number of benzene rings is 1. The smallest absolute Gasteiger partial charge is 0.160 e. The SMILES string of the molecule is c1ccc(CSc2cncc(N3CCCC(c4nnc5ccccn45)C3)n2)cc1. The van der Waals surface area contributed by atoms with Gasteiger partial charge >= 0.3 is 0 Å². The van der Waals surface area contributed by atoms with Crippen molar-refractivity contribution in [1.82, 2.24) is 24.6 Å². The van der Waals surface area contributed by atoms with Gasteiger partial charge in [0.1, 0.15) is 16.7 Å². The van der Waals surface area contributed by atoms with Crippen LogP contribution in [-0.4, -0.2) is 37.7 Å². The zero-order valence-corrected chi connectivity index (χ0v) is 16.9. The van der Waals surface area contributed by atoms with Crippen LogP contribution < -0.4 is 4.90 Å². The predicted molar refractivity (Wildman–Crippen MR) is 115 cm³/mol. The number of pyridine rings is 1. The summed E-state index contributed by atoms with van der Waals surface area (Å²) in [7, 11) is 0. The normalized spacial score (nSPS) is 17.0. The zero-order valence-electron chi connectivity index (χ0n) is 16.1. The van der Waals surface area contributed by atoms with E-state index in [9.17, 15) is 0 Å². The molecule has 29 heavy (non-hydrogen) atoms. The van der Waals surface area contributed by atoms with Gasteiger partial charge in [0.25, 0.3) is 0 Å². The van der Waals surface area contributed by atoms with E-state index < -0.39 is 0 Å². The van der Waals surface area contributed by atoms with E-state index in [1.54, 1.807) is 11.8 Å². The quantitative estimate of drug-likeness (QED) is 0.467. The second-order valence-corrected chi connectivity index (χ2v) is 8.26.